The highest BCUT2D eigenvalue weighted by atomic mass is 19.1. The van der Waals surface area contributed by atoms with Gasteiger partial charge in [0.25, 0.3) is 0 Å². The Morgan fingerprint density at radius 1 is 1.67 bits per heavy atom. The predicted octanol–water partition coefficient (Wildman–Crippen LogP) is 1.49. The van der Waals surface area contributed by atoms with Crippen LogP contribution in [-0.2, 0) is 4.74 Å². The molecule has 0 aliphatic carbocycles. The van der Waals surface area contributed by atoms with Gasteiger partial charge in [-0.1, -0.05) is 0 Å². The molecule has 3 heteroatoms. The van der Waals surface area contributed by atoms with Crippen LogP contribution in [0.5, 0.6) is 0 Å². The second kappa shape index (κ2) is 4.19. The summed E-state index contributed by atoms with van der Waals surface area (Å²) in [5.41, 5.74) is 5.18. The fraction of sp³-hybridized carbons (Fsp3) is 1.00. The summed E-state index contributed by atoms with van der Waals surface area (Å²) in [7, 11) is 0. The molecular formula is C9H18FNO. The molecule has 1 aliphatic heterocycles. The molecule has 1 aliphatic rings. The summed E-state index contributed by atoms with van der Waals surface area (Å²) in [4.78, 5) is 0. The first-order valence-electron chi connectivity index (χ1n) is 4.63. The molecule has 0 spiro atoms. The minimum atomic E-state index is -0.804. The van der Waals surface area contributed by atoms with E-state index in [9.17, 15) is 4.39 Å². The number of alkyl halides is 1. The van der Waals surface area contributed by atoms with E-state index in [2.05, 4.69) is 0 Å². The Kier molecular flexibility index (Phi) is 3.47. The minimum Gasteiger partial charge on any atom is -0.381 e. The first-order valence-corrected chi connectivity index (χ1v) is 4.63. The standard InChI is InChI=1S/C9H18FNO/c1-8(10)9(4-5-11)3-2-6-12-7-9/h8H,2-7,11H2,1H3. The normalized spacial score (nSPS) is 33.2. The van der Waals surface area contributed by atoms with Gasteiger partial charge in [0.15, 0.2) is 0 Å². The molecule has 0 bridgehead atoms. The molecule has 1 fully saturated rings. The third-order valence-corrected chi connectivity index (χ3v) is 2.84. The van der Waals surface area contributed by atoms with Crippen molar-refractivity contribution in [2.75, 3.05) is 19.8 Å². The summed E-state index contributed by atoms with van der Waals surface area (Å²) in [5.74, 6) is 0. The molecule has 1 saturated heterocycles. The Labute approximate surface area is 73.3 Å². The summed E-state index contributed by atoms with van der Waals surface area (Å²) < 4.78 is 18.6. The highest BCUT2D eigenvalue weighted by Gasteiger charge is 2.37. The summed E-state index contributed by atoms with van der Waals surface area (Å²) >= 11 is 0. The van der Waals surface area contributed by atoms with Crippen LogP contribution in [0.15, 0.2) is 0 Å². The fourth-order valence-electron chi connectivity index (χ4n) is 1.87. The molecule has 0 aromatic rings. The van der Waals surface area contributed by atoms with Crippen LogP contribution < -0.4 is 5.73 Å². The van der Waals surface area contributed by atoms with Crippen LogP contribution in [0.4, 0.5) is 4.39 Å². The molecule has 2 unspecified atom stereocenters. The number of hydrogen-bond donors (Lipinski definition) is 1. The highest BCUT2D eigenvalue weighted by Crippen LogP contribution is 2.36. The van der Waals surface area contributed by atoms with E-state index in [4.69, 9.17) is 10.5 Å². The Morgan fingerprint density at radius 2 is 2.42 bits per heavy atom. The van der Waals surface area contributed by atoms with Crippen molar-refractivity contribution in [3.05, 3.63) is 0 Å². The van der Waals surface area contributed by atoms with Crippen LogP contribution in [0.25, 0.3) is 0 Å². The zero-order valence-corrected chi connectivity index (χ0v) is 7.68. The molecular weight excluding hydrogens is 157 g/mol. The smallest absolute Gasteiger partial charge is 0.105 e. The van der Waals surface area contributed by atoms with E-state index < -0.39 is 6.17 Å². The van der Waals surface area contributed by atoms with Crippen molar-refractivity contribution in [3.8, 4) is 0 Å². The number of hydrogen-bond acceptors (Lipinski definition) is 2. The number of ether oxygens (including phenoxy) is 1. The van der Waals surface area contributed by atoms with Crippen LogP contribution in [-0.4, -0.2) is 25.9 Å². The van der Waals surface area contributed by atoms with Crippen molar-refractivity contribution in [1.82, 2.24) is 0 Å². The van der Waals surface area contributed by atoms with Gasteiger partial charge in [0.2, 0.25) is 0 Å². The maximum atomic E-state index is 13.3. The van der Waals surface area contributed by atoms with Gasteiger partial charge in [0, 0.05) is 12.0 Å². The zero-order chi connectivity index (χ0) is 9.03. The first-order chi connectivity index (χ1) is 5.71. The molecule has 12 heavy (non-hydrogen) atoms. The second-order valence-corrected chi connectivity index (χ2v) is 3.67. The third kappa shape index (κ3) is 1.96. The molecule has 2 atom stereocenters. The lowest BCUT2D eigenvalue weighted by molar-refractivity contribution is -0.0512. The fourth-order valence-corrected chi connectivity index (χ4v) is 1.87. The molecule has 72 valence electrons. The quantitative estimate of drug-likeness (QED) is 0.705. The van der Waals surface area contributed by atoms with Gasteiger partial charge in [0.1, 0.15) is 6.17 Å². The molecule has 1 rings (SSSR count). The summed E-state index contributed by atoms with van der Waals surface area (Å²) in [6.45, 7) is 3.49. The highest BCUT2D eigenvalue weighted by molar-refractivity contribution is 4.86. The van der Waals surface area contributed by atoms with E-state index in [1.165, 1.54) is 0 Å². The van der Waals surface area contributed by atoms with Gasteiger partial charge in [-0.3, -0.25) is 0 Å². The van der Waals surface area contributed by atoms with E-state index in [1.54, 1.807) is 6.92 Å². The van der Waals surface area contributed by atoms with E-state index >= 15 is 0 Å². The monoisotopic (exact) mass is 175 g/mol. The Morgan fingerprint density at radius 3 is 2.83 bits per heavy atom. The topological polar surface area (TPSA) is 35.2 Å². The maximum Gasteiger partial charge on any atom is 0.105 e. The average Bonchev–Trinajstić information content (AvgIpc) is 2.06. The van der Waals surface area contributed by atoms with Crippen molar-refractivity contribution in [3.63, 3.8) is 0 Å². The van der Waals surface area contributed by atoms with E-state index in [0.717, 1.165) is 25.9 Å². The number of rotatable bonds is 3. The molecule has 0 radical (unpaired) electrons. The van der Waals surface area contributed by atoms with Gasteiger partial charge < -0.3 is 10.5 Å². The molecule has 0 aromatic heterocycles. The predicted molar refractivity (Wildman–Crippen MR) is 46.7 cm³/mol. The molecule has 0 amide bonds. The van der Waals surface area contributed by atoms with Crippen LogP contribution >= 0.6 is 0 Å². The minimum absolute atomic E-state index is 0.285. The van der Waals surface area contributed by atoms with Gasteiger partial charge in [-0.15, -0.1) is 0 Å². The zero-order valence-electron chi connectivity index (χ0n) is 7.68. The van der Waals surface area contributed by atoms with Crippen LogP contribution in [0.3, 0.4) is 0 Å². The summed E-state index contributed by atoms with van der Waals surface area (Å²) in [6, 6.07) is 0. The molecule has 2 N–H and O–H groups in total. The van der Waals surface area contributed by atoms with Crippen molar-refractivity contribution in [2.24, 2.45) is 11.1 Å². The van der Waals surface area contributed by atoms with Gasteiger partial charge >= 0.3 is 0 Å². The van der Waals surface area contributed by atoms with E-state index in [1.807, 2.05) is 0 Å². The molecule has 2 nitrogen and oxygen atoms in total. The SMILES string of the molecule is CC(F)C1(CCN)CCCOC1. The van der Waals surface area contributed by atoms with Gasteiger partial charge in [0.05, 0.1) is 6.61 Å². The lowest BCUT2D eigenvalue weighted by Crippen LogP contribution is -2.40. The van der Waals surface area contributed by atoms with Crippen LogP contribution in [0.2, 0.25) is 0 Å². The largest absolute Gasteiger partial charge is 0.381 e. The lowest BCUT2D eigenvalue weighted by atomic mass is 9.76. The van der Waals surface area contributed by atoms with E-state index in [0.29, 0.717) is 13.2 Å². The number of nitrogens with two attached hydrogens (primary N) is 1. The molecule has 1 heterocycles. The van der Waals surface area contributed by atoms with Crippen molar-refractivity contribution in [2.45, 2.75) is 32.4 Å². The molecule has 0 aromatic carbocycles. The van der Waals surface area contributed by atoms with Crippen LogP contribution in [0, 0.1) is 5.41 Å². The van der Waals surface area contributed by atoms with Gasteiger partial charge in [-0.25, -0.2) is 4.39 Å². The third-order valence-electron chi connectivity index (χ3n) is 2.84. The summed E-state index contributed by atoms with van der Waals surface area (Å²) in [6.07, 6.45) is 1.82. The molecule has 0 saturated carbocycles. The van der Waals surface area contributed by atoms with Gasteiger partial charge in [-0.2, -0.15) is 0 Å². The van der Waals surface area contributed by atoms with Crippen molar-refractivity contribution >= 4 is 0 Å². The van der Waals surface area contributed by atoms with Crippen molar-refractivity contribution in [1.29, 1.82) is 0 Å². The Bertz CT molecular complexity index is 127. The van der Waals surface area contributed by atoms with Gasteiger partial charge in [-0.05, 0) is 32.7 Å². The number of halogens is 1. The Balaban J connectivity index is 2.56. The van der Waals surface area contributed by atoms with Crippen LogP contribution in [0.1, 0.15) is 26.2 Å². The summed E-state index contributed by atoms with van der Waals surface area (Å²) in [5, 5.41) is 0. The Hall–Kier alpha value is -0.150. The first kappa shape index (κ1) is 9.93. The average molecular weight is 175 g/mol. The maximum absolute atomic E-state index is 13.3. The lowest BCUT2D eigenvalue weighted by Gasteiger charge is -2.38. The second-order valence-electron chi connectivity index (χ2n) is 3.67. The van der Waals surface area contributed by atoms with Crippen molar-refractivity contribution < 1.29 is 9.13 Å². The van der Waals surface area contributed by atoms with E-state index in [-0.39, 0.29) is 5.41 Å².